The summed E-state index contributed by atoms with van der Waals surface area (Å²) in [6.45, 7) is 13.3. The van der Waals surface area contributed by atoms with E-state index in [-0.39, 0.29) is 6.09 Å². The maximum Gasteiger partial charge on any atom is 0.410 e. The number of ether oxygens (including phenoxy) is 1. The van der Waals surface area contributed by atoms with Gasteiger partial charge in [0, 0.05) is 30.7 Å². The van der Waals surface area contributed by atoms with Crippen LogP contribution in [-0.2, 0) is 11.2 Å². The number of amides is 1. The molecule has 136 valence electrons. The van der Waals surface area contributed by atoms with E-state index < -0.39 is 5.60 Å². The number of piperidine rings is 1. The Morgan fingerprint density at radius 3 is 2.75 bits per heavy atom. The topological polar surface area (TPSA) is 67.6 Å². The molecule has 0 radical (unpaired) electrons. The first-order valence-corrected chi connectivity index (χ1v) is 8.81. The summed E-state index contributed by atoms with van der Waals surface area (Å²) in [5, 5.41) is 7.65. The molecule has 1 aromatic heterocycles. The van der Waals surface area contributed by atoms with Crippen LogP contribution in [0.4, 0.5) is 4.79 Å². The van der Waals surface area contributed by atoms with Gasteiger partial charge < -0.3 is 19.5 Å². The van der Waals surface area contributed by atoms with E-state index in [1.54, 1.807) is 0 Å². The average molecular weight is 337 g/mol. The molecule has 1 amide bonds. The minimum absolute atomic E-state index is 0.215. The Hall–Kier alpha value is -1.56. The van der Waals surface area contributed by atoms with Crippen LogP contribution < -0.4 is 5.32 Å². The van der Waals surface area contributed by atoms with Gasteiger partial charge in [0.15, 0.2) is 0 Å². The molecule has 0 aromatic carbocycles. The number of aromatic nitrogens is 1. The maximum absolute atomic E-state index is 12.2. The molecule has 2 heterocycles. The first-order valence-electron chi connectivity index (χ1n) is 8.81. The number of carbonyl (C=O) groups is 1. The van der Waals surface area contributed by atoms with Crippen molar-refractivity contribution in [1.82, 2.24) is 15.4 Å². The third kappa shape index (κ3) is 5.23. The minimum Gasteiger partial charge on any atom is -0.444 e. The van der Waals surface area contributed by atoms with Crippen LogP contribution in [-0.4, -0.2) is 46.9 Å². The van der Waals surface area contributed by atoms with E-state index in [2.05, 4.69) is 17.4 Å². The molecular weight excluding hydrogens is 306 g/mol. The van der Waals surface area contributed by atoms with Gasteiger partial charge >= 0.3 is 6.09 Å². The molecule has 1 aromatic rings. The third-order valence-electron chi connectivity index (χ3n) is 4.28. The number of nitrogens with one attached hydrogen (secondary N) is 1. The first kappa shape index (κ1) is 18.8. The van der Waals surface area contributed by atoms with Gasteiger partial charge in [-0.1, -0.05) is 5.16 Å². The Morgan fingerprint density at radius 1 is 1.46 bits per heavy atom. The van der Waals surface area contributed by atoms with E-state index in [9.17, 15) is 4.79 Å². The number of likely N-dealkylation sites (tertiary alicyclic amines) is 1. The number of aryl methyl sites for hydroxylation is 2. The lowest BCUT2D eigenvalue weighted by atomic mass is 10.0. The Labute approximate surface area is 144 Å². The summed E-state index contributed by atoms with van der Waals surface area (Å²) < 4.78 is 10.7. The number of hydrogen-bond acceptors (Lipinski definition) is 5. The lowest BCUT2D eigenvalue weighted by Crippen LogP contribution is -2.51. The van der Waals surface area contributed by atoms with Crippen molar-refractivity contribution in [3.05, 3.63) is 17.0 Å². The lowest BCUT2D eigenvalue weighted by Gasteiger charge is -2.35. The van der Waals surface area contributed by atoms with Gasteiger partial charge in [-0.2, -0.15) is 0 Å². The van der Waals surface area contributed by atoms with Crippen LogP contribution in [0.3, 0.4) is 0 Å². The quantitative estimate of drug-likeness (QED) is 0.914. The summed E-state index contributed by atoms with van der Waals surface area (Å²) >= 11 is 0. The summed E-state index contributed by atoms with van der Waals surface area (Å²) in [6.07, 6.45) is 2.73. The molecule has 1 fully saturated rings. The second-order valence-electron chi connectivity index (χ2n) is 7.84. The molecule has 0 aliphatic carbocycles. The van der Waals surface area contributed by atoms with Crippen LogP contribution in [0, 0.1) is 13.8 Å². The Morgan fingerprint density at radius 2 is 2.17 bits per heavy atom. The molecule has 6 heteroatoms. The smallest absolute Gasteiger partial charge is 0.410 e. The monoisotopic (exact) mass is 337 g/mol. The zero-order chi connectivity index (χ0) is 17.9. The van der Waals surface area contributed by atoms with Crippen LogP contribution in [0.25, 0.3) is 0 Å². The van der Waals surface area contributed by atoms with E-state index in [0.29, 0.717) is 18.6 Å². The van der Waals surface area contributed by atoms with Gasteiger partial charge in [-0.3, -0.25) is 0 Å². The highest BCUT2D eigenvalue weighted by molar-refractivity contribution is 5.68. The van der Waals surface area contributed by atoms with Gasteiger partial charge in [0.05, 0.1) is 5.69 Å². The summed E-state index contributed by atoms with van der Waals surface area (Å²) in [6, 6.07) is 0.590. The summed E-state index contributed by atoms with van der Waals surface area (Å²) in [7, 11) is 0. The molecule has 0 saturated carbocycles. The molecule has 1 N–H and O–H groups in total. The van der Waals surface area contributed by atoms with Gasteiger partial charge in [-0.15, -0.1) is 0 Å². The van der Waals surface area contributed by atoms with Crippen LogP contribution >= 0.6 is 0 Å². The van der Waals surface area contributed by atoms with E-state index in [0.717, 1.165) is 37.3 Å². The number of nitrogens with zero attached hydrogens (tertiary/aromatic N) is 2. The largest absolute Gasteiger partial charge is 0.444 e. The van der Waals surface area contributed by atoms with Crippen LogP contribution in [0.2, 0.25) is 0 Å². The van der Waals surface area contributed by atoms with Crippen molar-refractivity contribution in [1.29, 1.82) is 0 Å². The minimum atomic E-state index is -0.450. The van der Waals surface area contributed by atoms with Gasteiger partial charge in [0.2, 0.25) is 0 Å². The molecule has 0 spiro atoms. The van der Waals surface area contributed by atoms with Crippen molar-refractivity contribution in [3.8, 4) is 0 Å². The Balaban J connectivity index is 1.87. The van der Waals surface area contributed by atoms with Gasteiger partial charge in [0.25, 0.3) is 0 Å². The van der Waals surface area contributed by atoms with E-state index in [1.165, 1.54) is 5.56 Å². The Bertz CT molecular complexity index is 543. The summed E-state index contributed by atoms with van der Waals surface area (Å²) in [5.41, 5.74) is 1.68. The second-order valence-corrected chi connectivity index (χ2v) is 7.84. The molecule has 6 nitrogen and oxygen atoms in total. The zero-order valence-electron chi connectivity index (χ0n) is 15.8. The molecule has 1 saturated heterocycles. The maximum atomic E-state index is 12.2. The fourth-order valence-electron chi connectivity index (χ4n) is 3.17. The van der Waals surface area contributed by atoms with Crippen molar-refractivity contribution >= 4 is 6.09 Å². The molecule has 0 bridgehead atoms. The molecule has 2 atom stereocenters. The van der Waals surface area contributed by atoms with Gasteiger partial charge in [-0.25, -0.2) is 4.79 Å². The highest BCUT2D eigenvalue weighted by Gasteiger charge is 2.28. The number of carbonyl (C=O) groups excluding carboxylic acids is 1. The zero-order valence-corrected chi connectivity index (χ0v) is 15.8. The SMILES string of the molecule is Cc1noc(C)c1CC(C)NC1CCCN(C(=O)OC(C)(C)C)C1. The summed E-state index contributed by atoms with van der Waals surface area (Å²) in [4.78, 5) is 14.1. The van der Waals surface area contributed by atoms with E-state index in [1.807, 2.05) is 39.5 Å². The second kappa shape index (κ2) is 7.55. The average Bonchev–Trinajstić information content (AvgIpc) is 2.77. The molecule has 2 unspecified atom stereocenters. The van der Waals surface area contributed by atoms with Crippen molar-refractivity contribution in [2.75, 3.05) is 13.1 Å². The summed E-state index contributed by atoms with van der Waals surface area (Å²) in [5.74, 6) is 0.889. The van der Waals surface area contributed by atoms with Crippen molar-refractivity contribution in [2.24, 2.45) is 0 Å². The van der Waals surface area contributed by atoms with Gasteiger partial charge in [-0.05, 0) is 60.8 Å². The van der Waals surface area contributed by atoms with Crippen LogP contribution in [0.15, 0.2) is 4.52 Å². The van der Waals surface area contributed by atoms with Crippen LogP contribution in [0.1, 0.15) is 57.6 Å². The molecule has 1 aliphatic rings. The molecular formula is C18H31N3O3. The normalized spacial score (nSPS) is 20.1. The predicted molar refractivity (Wildman–Crippen MR) is 93.1 cm³/mol. The fraction of sp³-hybridized carbons (Fsp3) is 0.778. The van der Waals surface area contributed by atoms with Crippen molar-refractivity contribution < 1.29 is 14.1 Å². The van der Waals surface area contributed by atoms with Crippen LogP contribution in [0.5, 0.6) is 0 Å². The highest BCUT2D eigenvalue weighted by atomic mass is 16.6. The van der Waals surface area contributed by atoms with Crippen molar-refractivity contribution in [3.63, 3.8) is 0 Å². The van der Waals surface area contributed by atoms with Gasteiger partial charge in [0.1, 0.15) is 11.4 Å². The van der Waals surface area contributed by atoms with Crippen molar-refractivity contribution in [2.45, 2.75) is 78.5 Å². The fourth-order valence-corrected chi connectivity index (χ4v) is 3.17. The first-order chi connectivity index (χ1) is 11.2. The molecule has 2 rings (SSSR count). The van der Waals surface area contributed by atoms with E-state index >= 15 is 0 Å². The third-order valence-corrected chi connectivity index (χ3v) is 4.28. The predicted octanol–water partition coefficient (Wildman–Crippen LogP) is 3.21. The standard InChI is InChI=1S/C18H31N3O3/c1-12(10-16-13(2)20-24-14(16)3)19-15-8-7-9-21(11-15)17(22)23-18(4,5)6/h12,15,19H,7-11H2,1-6H3. The van der Waals surface area contributed by atoms with E-state index in [4.69, 9.17) is 9.26 Å². The Kier molecular flexibility index (Phi) is 5.91. The highest BCUT2D eigenvalue weighted by Crippen LogP contribution is 2.18. The molecule has 24 heavy (non-hydrogen) atoms. The number of rotatable bonds is 4. The molecule has 1 aliphatic heterocycles. The number of hydrogen-bond donors (Lipinski definition) is 1. The lowest BCUT2D eigenvalue weighted by molar-refractivity contribution is 0.0184.